The van der Waals surface area contributed by atoms with E-state index in [4.69, 9.17) is 4.74 Å². The quantitative estimate of drug-likeness (QED) is 0.783. The van der Waals surface area contributed by atoms with Crippen LogP contribution in [0.3, 0.4) is 0 Å². The van der Waals surface area contributed by atoms with Crippen LogP contribution in [0, 0.1) is 5.41 Å². The minimum Gasteiger partial charge on any atom is -0.478 e. The average Bonchev–Trinajstić information content (AvgIpc) is 2.16. The minimum atomic E-state index is 0.300. The number of ether oxygens (including phenoxy) is 1. The predicted octanol–water partition coefficient (Wildman–Crippen LogP) is 3.42. The smallest absolute Gasteiger partial charge is 0.216 e. The molecular weight excluding hydrogens is 200 g/mol. The summed E-state index contributed by atoms with van der Waals surface area (Å²) in [5.74, 6) is 1.09. The lowest BCUT2D eigenvalue weighted by Crippen LogP contribution is -2.11. The standard InChI is InChI=1S/C13H22N2O/c1-10(2)11-8-12(15-9-14-11)16-7-6-13(3,4)5/h8-10H,6-7H2,1-5H3. The molecule has 0 aliphatic heterocycles. The van der Waals surface area contributed by atoms with Crippen molar-refractivity contribution in [2.45, 2.75) is 47.0 Å². The Morgan fingerprint density at radius 1 is 1.25 bits per heavy atom. The Kier molecular flexibility index (Phi) is 4.27. The van der Waals surface area contributed by atoms with Crippen molar-refractivity contribution in [1.29, 1.82) is 0 Å². The Balaban J connectivity index is 2.51. The van der Waals surface area contributed by atoms with Gasteiger partial charge in [-0.3, -0.25) is 0 Å². The van der Waals surface area contributed by atoms with E-state index in [0.29, 0.717) is 23.8 Å². The summed E-state index contributed by atoms with van der Waals surface area (Å²) in [6.45, 7) is 11.5. The Bertz CT molecular complexity index is 329. The lowest BCUT2D eigenvalue weighted by molar-refractivity contribution is 0.235. The van der Waals surface area contributed by atoms with Crippen molar-refractivity contribution in [2.75, 3.05) is 6.61 Å². The second-order valence-corrected chi connectivity index (χ2v) is 5.59. The van der Waals surface area contributed by atoms with Crippen LogP contribution in [0.25, 0.3) is 0 Å². The second kappa shape index (κ2) is 5.28. The summed E-state index contributed by atoms with van der Waals surface area (Å²) in [6, 6.07) is 1.92. The van der Waals surface area contributed by atoms with Crippen molar-refractivity contribution in [3.05, 3.63) is 18.1 Å². The highest BCUT2D eigenvalue weighted by Gasteiger charge is 2.10. The van der Waals surface area contributed by atoms with Gasteiger partial charge in [-0.15, -0.1) is 0 Å². The topological polar surface area (TPSA) is 35.0 Å². The van der Waals surface area contributed by atoms with Crippen LogP contribution in [0.15, 0.2) is 12.4 Å². The van der Waals surface area contributed by atoms with Crippen LogP contribution in [0.4, 0.5) is 0 Å². The van der Waals surface area contributed by atoms with Crippen molar-refractivity contribution in [2.24, 2.45) is 5.41 Å². The van der Waals surface area contributed by atoms with Crippen LogP contribution in [0.1, 0.15) is 52.7 Å². The van der Waals surface area contributed by atoms with E-state index in [1.54, 1.807) is 6.33 Å². The molecule has 0 N–H and O–H groups in total. The molecule has 3 heteroatoms. The molecule has 0 radical (unpaired) electrons. The van der Waals surface area contributed by atoms with Gasteiger partial charge in [-0.25, -0.2) is 9.97 Å². The molecule has 1 heterocycles. The lowest BCUT2D eigenvalue weighted by Gasteiger charge is -2.17. The van der Waals surface area contributed by atoms with E-state index >= 15 is 0 Å². The fourth-order valence-electron chi connectivity index (χ4n) is 1.21. The zero-order valence-corrected chi connectivity index (χ0v) is 10.9. The number of nitrogens with zero attached hydrogens (tertiary/aromatic N) is 2. The van der Waals surface area contributed by atoms with Gasteiger partial charge in [-0.05, 0) is 17.8 Å². The van der Waals surface area contributed by atoms with Gasteiger partial charge in [-0.2, -0.15) is 0 Å². The van der Waals surface area contributed by atoms with Gasteiger partial charge in [0.15, 0.2) is 0 Å². The second-order valence-electron chi connectivity index (χ2n) is 5.59. The monoisotopic (exact) mass is 222 g/mol. The SMILES string of the molecule is CC(C)c1cc(OCCC(C)(C)C)ncn1. The maximum atomic E-state index is 5.62. The van der Waals surface area contributed by atoms with Crippen LogP contribution < -0.4 is 4.74 Å². The third-order valence-corrected chi connectivity index (χ3v) is 2.36. The molecule has 0 spiro atoms. The number of rotatable bonds is 4. The number of hydrogen-bond acceptors (Lipinski definition) is 3. The Morgan fingerprint density at radius 3 is 2.50 bits per heavy atom. The molecule has 0 saturated carbocycles. The van der Waals surface area contributed by atoms with Crippen LogP contribution in [-0.2, 0) is 0 Å². The van der Waals surface area contributed by atoms with Gasteiger partial charge in [0.1, 0.15) is 6.33 Å². The highest BCUT2D eigenvalue weighted by molar-refractivity contribution is 5.15. The van der Waals surface area contributed by atoms with Gasteiger partial charge in [0.05, 0.1) is 12.3 Å². The maximum Gasteiger partial charge on any atom is 0.216 e. The third kappa shape index (κ3) is 4.60. The van der Waals surface area contributed by atoms with Crippen molar-refractivity contribution in [1.82, 2.24) is 9.97 Å². The van der Waals surface area contributed by atoms with Crippen molar-refractivity contribution >= 4 is 0 Å². The molecule has 0 saturated heterocycles. The van der Waals surface area contributed by atoms with Crippen molar-refractivity contribution in [3.8, 4) is 5.88 Å². The summed E-state index contributed by atoms with van der Waals surface area (Å²) in [5.41, 5.74) is 1.33. The summed E-state index contributed by atoms with van der Waals surface area (Å²) < 4.78 is 5.62. The van der Waals surface area contributed by atoms with Gasteiger partial charge in [0, 0.05) is 6.07 Å². The maximum absolute atomic E-state index is 5.62. The molecule has 0 amide bonds. The molecule has 0 aliphatic rings. The van der Waals surface area contributed by atoms with Gasteiger partial charge < -0.3 is 4.74 Å². The molecule has 0 fully saturated rings. The minimum absolute atomic E-state index is 0.300. The summed E-state index contributed by atoms with van der Waals surface area (Å²) in [7, 11) is 0. The van der Waals surface area contributed by atoms with Crippen LogP contribution in [-0.4, -0.2) is 16.6 Å². The molecule has 0 atom stereocenters. The molecular formula is C13H22N2O. The van der Waals surface area contributed by atoms with Crippen molar-refractivity contribution in [3.63, 3.8) is 0 Å². The molecule has 0 bridgehead atoms. The van der Waals surface area contributed by atoms with Crippen LogP contribution in [0.2, 0.25) is 0 Å². The molecule has 1 aromatic heterocycles. The third-order valence-electron chi connectivity index (χ3n) is 2.36. The first-order valence-electron chi connectivity index (χ1n) is 5.83. The van der Waals surface area contributed by atoms with E-state index in [2.05, 4.69) is 44.6 Å². The van der Waals surface area contributed by atoms with E-state index in [-0.39, 0.29) is 0 Å². The summed E-state index contributed by atoms with van der Waals surface area (Å²) >= 11 is 0. The Morgan fingerprint density at radius 2 is 1.94 bits per heavy atom. The van der Waals surface area contributed by atoms with Crippen LogP contribution >= 0.6 is 0 Å². The van der Waals surface area contributed by atoms with E-state index in [1.165, 1.54) is 0 Å². The van der Waals surface area contributed by atoms with Gasteiger partial charge >= 0.3 is 0 Å². The van der Waals surface area contributed by atoms with Gasteiger partial charge in [-0.1, -0.05) is 34.6 Å². The number of aromatic nitrogens is 2. The van der Waals surface area contributed by atoms with E-state index in [9.17, 15) is 0 Å². The fraction of sp³-hybridized carbons (Fsp3) is 0.692. The summed E-state index contributed by atoms with van der Waals surface area (Å²) in [6.07, 6.45) is 2.59. The predicted molar refractivity (Wildman–Crippen MR) is 65.7 cm³/mol. The average molecular weight is 222 g/mol. The molecule has 3 nitrogen and oxygen atoms in total. The van der Waals surface area contributed by atoms with Crippen molar-refractivity contribution < 1.29 is 4.74 Å². The van der Waals surface area contributed by atoms with Gasteiger partial charge in [0.25, 0.3) is 0 Å². The lowest BCUT2D eigenvalue weighted by atomic mass is 9.93. The van der Waals surface area contributed by atoms with Gasteiger partial charge in [0.2, 0.25) is 5.88 Å². The van der Waals surface area contributed by atoms with E-state index < -0.39 is 0 Å². The van der Waals surface area contributed by atoms with E-state index in [0.717, 1.165) is 12.1 Å². The summed E-state index contributed by atoms with van der Waals surface area (Å²) in [4.78, 5) is 8.31. The molecule has 90 valence electrons. The normalized spacial score (nSPS) is 11.9. The molecule has 0 aliphatic carbocycles. The Labute approximate surface area is 98.3 Å². The first-order chi connectivity index (χ1) is 7.38. The molecule has 16 heavy (non-hydrogen) atoms. The highest BCUT2D eigenvalue weighted by atomic mass is 16.5. The number of hydrogen-bond donors (Lipinski definition) is 0. The first kappa shape index (κ1) is 12.9. The molecule has 0 aromatic carbocycles. The zero-order valence-electron chi connectivity index (χ0n) is 10.9. The zero-order chi connectivity index (χ0) is 12.2. The van der Waals surface area contributed by atoms with Crippen LogP contribution in [0.5, 0.6) is 5.88 Å². The highest BCUT2D eigenvalue weighted by Crippen LogP contribution is 2.20. The largest absolute Gasteiger partial charge is 0.478 e. The fourth-order valence-corrected chi connectivity index (χ4v) is 1.21. The molecule has 0 unspecified atom stereocenters. The van der Waals surface area contributed by atoms with E-state index in [1.807, 2.05) is 6.07 Å². The first-order valence-corrected chi connectivity index (χ1v) is 5.83. The molecule has 1 rings (SSSR count). The summed E-state index contributed by atoms with van der Waals surface area (Å²) in [5, 5.41) is 0. The Hall–Kier alpha value is -1.12. The molecule has 1 aromatic rings.